The third-order valence-corrected chi connectivity index (χ3v) is 3.31. The van der Waals surface area contributed by atoms with Crippen LogP contribution >= 0.6 is 0 Å². The van der Waals surface area contributed by atoms with Gasteiger partial charge in [0.15, 0.2) is 0 Å². The summed E-state index contributed by atoms with van der Waals surface area (Å²) in [5.74, 6) is 0.626. The normalized spacial score (nSPS) is 27.4. The summed E-state index contributed by atoms with van der Waals surface area (Å²) in [5, 5.41) is 12.4. The summed E-state index contributed by atoms with van der Waals surface area (Å²) in [5.41, 5.74) is 0. The summed E-state index contributed by atoms with van der Waals surface area (Å²) in [4.78, 5) is 0. The van der Waals surface area contributed by atoms with Crippen LogP contribution in [0.2, 0.25) is 0 Å². The van der Waals surface area contributed by atoms with Crippen molar-refractivity contribution in [2.24, 2.45) is 5.92 Å². The molecule has 1 fully saturated rings. The fraction of sp³-hybridized carbons (Fsp3) is 1.00. The van der Waals surface area contributed by atoms with Crippen LogP contribution in [0.5, 0.6) is 0 Å². The Morgan fingerprint density at radius 1 is 1.40 bits per heavy atom. The van der Waals surface area contributed by atoms with Crippen LogP contribution < -0.4 is 5.32 Å². The summed E-state index contributed by atoms with van der Waals surface area (Å²) in [7, 11) is 0. The van der Waals surface area contributed by atoms with Crippen molar-refractivity contribution in [3.63, 3.8) is 0 Å². The molecule has 3 heteroatoms. The van der Waals surface area contributed by atoms with Crippen molar-refractivity contribution in [3.8, 4) is 0 Å². The SMILES string of the molecule is CCOC1CC(NCC(CC)CCO)C1. The maximum atomic E-state index is 8.87. The monoisotopic (exact) mass is 215 g/mol. The number of aliphatic hydroxyl groups is 1. The Bertz CT molecular complexity index is 158. The molecule has 0 radical (unpaired) electrons. The minimum atomic E-state index is 0.312. The van der Waals surface area contributed by atoms with E-state index in [1.54, 1.807) is 0 Å². The van der Waals surface area contributed by atoms with Crippen molar-refractivity contribution in [1.82, 2.24) is 5.32 Å². The molecule has 2 N–H and O–H groups in total. The molecular weight excluding hydrogens is 190 g/mol. The molecule has 1 aliphatic carbocycles. The number of hydrogen-bond donors (Lipinski definition) is 2. The van der Waals surface area contributed by atoms with Crippen molar-refractivity contribution in [1.29, 1.82) is 0 Å². The first-order chi connectivity index (χ1) is 7.30. The molecule has 1 atom stereocenters. The van der Waals surface area contributed by atoms with Crippen LogP contribution in [-0.4, -0.2) is 37.0 Å². The molecule has 0 aliphatic heterocycles. The van der Waals surface area contributed by atoms with Crippen LogP contribution in [0.4, 0.5) is 0 Å². The third-order valence-electron chi connectivity index (χ3n) is 3.31. The summed E-state index contributed by atoms with van der Waals surface area (Å²) >= 11 is 0. The lowest BCUT2D eigenvalue weighted by molar-refractivity contribution is -0.0108. The number of aliphatic hydroxyl groups excluding tert-OH is 1. The second-order valence-corrected chi connectivity index (χ2v) is 4.44. The van der Waals surface area contributed by atoms with Crippen molar-refractivity contribution in [2.75, 3.05) is 19.8 Å². The second kappa shape index (κ2) is 7.20. The lowest BCUT2D eigenvalue weighted by atomic mass is 9.88. The minimum absolute atomic E-state index is 0.312. The van der Waals surface area contributed by atoms with Crippen LogP contribution in [0, 0.1) is 5.92 Å². The maximum Gasteiger partial charge on any atom is 0.0604 e. The van der Waals surface area contributed by atoms with Crippen LogP contribution in [0.15, 0.2) is 0 Å². The molecular formula is C12H25NO2. The van der Waals surface area contributed by atoms with E-state index in [1.807, 2.05) is 0 Å². The molecule has 0 heterocycles. The number of rotatable bonds is 8. The van der Waals surface area contributed by atoms with E-state index >= 15 is 0 Å². The predicted octanol–water partition coefficient (Wildman–Crippen LogP) is 1.55. The summed E-state index contributed by atoms with van der Waals surface area (Å²) in [6.07, 6.45) is 4.87. The van der Waals surface area contributed by atoms with Gasteiger partial charge in [0.25, 0.3) is 0 Å². The zero-order chi connectivity index (χ0) is 11.1. The molecule has 0 spiro atoms. The van der Waals surface area contributed by atoms with Crippen LogP contribution in [0.25, 0.3) is 0 Å². The molecule has 1 aliphatic rings. The van der Waals surface area contributed by atoms with E-state index in [1.165, 1.54) is 0 Å². The Morgan fingerprint density at radius 3 is 2.67 bits per heavy atom. The highest BCUT2D eigenvalue weighted by Gasteiger charge is 2.29. The molecule has 0 saturated heterocycles. The summed E-state index contributed by atoms with van der Waals surface area (Å²) in [6, 6.07) is 0.647. The third kappa shape index (κ3) is 4.49. The number of ether oxygens (including phenoxy) is 1. The molecule has 0 aromatic heterocycles. The largest absolute Gasteiger partial charge is 0.396 e. The van der Waals surface area contributed by atoms with Gasteiger partial charge in [-0.1, -0.05) is 13.3 Å². The van der Waals surface area contributed by atoms with Crippen LogP contribution in [0.1, 0.15) is 39.5 Å². The maximum absolute atomic E-state index is 8.87. The second-order valence-electron chi connectivity index (χ2n) is 4.44. The molecule has 0 aromatic rings. The Morgan fingerprint density at radius 2 is 2.13 bits per heavy atom. The van der Waals surface area contributed by atoms with Gasteiger partial charge in [-0.2, -0.15) is 0 Å². The first-order valence-electron chi connectivity index (χ1n) is 6.25. The number of nitrogens with one attached hydrogen (secondary N) is 1. The quantitative estimate of drug-likeness (QED) is 0.645. The van der Waals surface area contributed by atoms with Gasteiger partial charge in [0.05, 0.1) is 6.10 Å². The molecule has 90 valence electrons. The highest BCUT2D eigenvalue weighted by Crippen LogP contribution is 2.23. The highest BCUT2D eigenvalue weighted by molar-refractivity contribution is 4.86. The van der Waals surface area contributed by atoms with E-state index < -0.39 is 0 Å². The average Bonchev–Trinajstić information content (AvgIpc) is 2.19. The van der Waals surface area contributed by atoms with Crippen LogP contribution in [0.3, 0.4) is 0 Å². The molecule has 0 bridgehead atoms. The van der Waals surface area contributed by atoms with E-state index in [2.05, 4.69) is 19.2 Å². The van der Waals surface area contributed by atoms with Crippen molar-refractivity contribution in [2.45, 2.75) is 51.7 Å². The minimum Gasteiger partial charge on any atom is -0.396 e. The molecule has 1 unspecified atom stereocenters. The highest BCUT2D eigenvalue weighted by atomic mass is 16.5. The zero-order valence-corrected chi connectivity index (χ0v) is 10.0. The Kier molecular flexibility index (Phi) is 6.22. The van der Waals surface area contributed by atoms with Gasteiger partial charge < -0.3 is 15.2 Å². The van der Waals surface area contributed by atoms with Crippen molar-refractivity contribution in [3.05, 3.63) is 0 Å². The molecule has 0 aromatic carbocycles. The average molecular weight is 215 g/mol. The van der Waals surface area contributed by atoms with Gasteiger partial charge in [-0.25, -0.2) is 0 Å². The van der Waals surface area contributed by atoms with Gasteiger partial charge in [-0.05, 0) is 38.6 Å². The smallest absolute Gasteiger partial charge is 0.0604 e. The molecule has 1 saturated carbocycles. The van der Waals surface area contributed by atoms with Crippen molar-refractivity contribution >= 4 is 0 Å². The Balaban J connectivity index is 2.01. The van der Waals surface area contributed by atoms with E-state index in [-0.39, 0.29) is 0 Å². The summed E-state index contributed by atoms with van der Waals surface area (Å²) in [6.45, 7) is 6.42. The van der Waals surface area contributed by atoms with Gasteiger partial charge >= 0.3 is 0 Å². The number of hydrogen-bond acceptors (Lipinski definition) is 3. The fourth-order valence-electron chi connectivity index (χ4n) is 2.07. The molecule has 15 heavy (non-hydrogen) atoms. The van der Waals surface area contributed by atoms with Gasteiger partial charge in [0, 0.05) is 19.3 Å². The van der Waals surface area contributed by atoms with Crippen LogP contribution in [-0.2, 0) is 4.74 Å². The lowest BCUT2D eigenvalue weighted by Gasteiger charge is -2.36. The van der Waals surface area contributed by atoms with Gasteiger partial charge in [0.2, 0.25) is 0 Å². The standard InChI is InChI=1S/C12H25NO2/c1-3-10(5-6-14)9-13-11-7-12(8-11)15-4-2/h10-14H,3-9H2,1-2H3. The molecule has 0 amide bonds. The van der Waals surface area contributed by atoms with Crippen molar-refractivity contribution < 1.29 is 9.84 Å². The topological polar surface area (TPSA) is 41.5 Å². The van der Waals surface area contributed by atoms with E-state index in [4.69, 9.17) is 9.84 Å². The molecule has 1 rings (SSSR count). The Hall–Kier alpha value is -0.120. The first kappa shape index (κ1) is 12.9. The zero-order valence-electron chi connectivity index (χ0n) is 10.0. The van der Waals surface area contributed by atoms with E-state index in [9.17, 15) is 0 Å². The van der Waals surface area contributed by atoms with Gasteiger partial charge in [-0.15, -0.1) is 0 Å². The van der Waals surface area contributed by atoms with Gasteiger partial charge in [-0.3, -0.25) is 0 Å². The predicted molar refractivity (Wildman–Crippen MR) is 61.9 cm³/mol. The first-order valence-corrected chi connectivity index (χ1v) is 6.25. The molecule has 3 nitrogen and oxygen atoms in total. The van der Waals surface area contributed by atoms with Gasteiger partial charge in [0.1, 0.15) is 0 Å². The fourth-order valence-corrected chi connectivity index (χ4v) is 2.07. The van der Waals surface area contributed by atoms with E-state index in [0.29, 0.717) is 24.7 Å². The lowest BCUT2D eigenvalue weighted by Crippen LogP contribution is -2.46. The van der Waals surface area contributed by atoms with E-state index in [0.717, 1.165) is 38.8 Å². The summed E-state index contributed by atoms with van der Waals surface area (Å²) < 4.78 is 5.51. The Labute approximate surface area is 93.2 Å².